The summed E-state index contributed by atoms with van der Waals surface area (Å²) in [6, 6.07) is 41.2. The van der Waals surface area contributed by atoms with Crippen LogP contribution in [0, 0.1) is 0 Å². The van der Waals surface area contributed by atoms with Crippen LogP contribution < -0.4 is 15.6 Å². The minimum atomic E-state index is -1.58. The van der Waals surface area contributed by atoms with Crippen LogP contribution in [0.1, 0.15) is 0 Å². The first-order valence-electron chi connectivity index (χ1n) is 11.8. The maximum atomic E-state index is 6.38. The Morgan fingerprint density at radius 3 is 1.94 bits per heavy atom. The molecule has 0 fully saturated rings. The summed E-state index contributed by atoms with van der Waals surface area (Å²) in [7, 11) is -1.58. The van der Waals surface area contributed by atoms with Crippen molar-refractivity contribution in [1.82, 2.24) is 9.55 Å². The number of rotatable bonds is 4. The first kappa shape index (κ1) is 20.0. The Morgan fingerprint density at radius 2 is 1.23 bits per heavy atom. The standard InChI is InChI=1S/C31H22N2OSi/c1-3-9-23(10-4-1)35(24-11-5-2-6-12-24)25-17-15-22(16-18-25)33-28-21-32-20-19-26(28)30-27-13-7-8-14-29(27)34-31(30)33/h1-21,35H. The van der Waals surface area contributed by atoms with Crippen molar-refractivity contribution in [3.63, 3.8) is 0 Å². The van der Waals surface area contributed by atoms with E-state index in [1.165, 1.54) is 15.6 Å². The molecule has 3 aromatic heterocycles. The summed E-state index contributed by atoms with van der Waals surface area (Å²) < 4.78 is 8.58. The second-order valence-electron chi connectivity index (χ2n) is 8.85. The molecule has 4 aromatic carbocycles. The molecule has 7 aromatic rings. The fourth-order valence-electron chi connectivity index (χ4n) is 5.28. The second-order valence-corrected chi connectivity index (χ2v) is 11.7. The van der Waals surface area contributed by atoms with Crippen LogP contribution in [0.5, 0.6) is 0 Å². The fraction of sp³-hybridized carbons (Fsp3) is 0. The zero-order chi connectivity index (χ0) is 23.2. The van der Waals surface area contributed by atoms with Crippen LogP contribution >= 0.6 is 0 Å². The van der Waals surface area contributed by atoms with E-state index < -0.39 is 8.80 Å². The SMILES string of the molecule is c1ccc([SiH](c2ccccc2)c2ccc(-n3c4cnccc4c4c5ccccc5oc43)cc2)cc1. The molecule has 0 aliphatic carbocycles. The molecule has 0 radical (unpaired) electrons. The molecule has 0 saturated carbocycles. The van der Waals surface area contributed by atoms with E-state index in [1.807, 2.05) is 24.5 Å². The molecule has 3 nitrogen and oxygen atoms in total. The summed E-state index contributed by atoms with van der Waals surface area (Å²) in [6.07, 6.45) is 3.78. The minimum absolute atomic E-state index is 0.863. The molecule has 0 N–H and O–H groups in total. The molecule has 0 unspecified atom stereocenters. The minimum Gasteiger partial charge on any atom is -0.439 e. The molecule has 7 rings (SSSR count). The maximum absolute atomic E-state index is 6.38. The predicted octanol–water partition coefficient (Wildman–Crippen LogP) is 5.17. The van der Waals surface area contributed by atoms with Gasteiger partial charge >= 0.3 is 0 Å². The highest BCUT2D eigenvalue weighted by atomic mass is 28.3. The first-order chi connectivity index (χ1) is 17.4. The van der Waals surface area contributed by atoms with Crippen LogP contribution in [0.15, 0.2) is 132 Å². The van der Waals surface area contributed by atoms with Gasteiger partial charge in [-0.15, -0.1) is 0 Å². The van der Waals surface area contributed by atoms with Crippen molar-refractivity contribution in [3.8, 4) is 5.69 Å². The van der Waals surface area contributed by atoms with Gasteiger partial charge in [-0.1, -0.05) is 107 Å². The van der Waals surface area contributed by atoms with E-state index in [9.17, 15) is 0 Å². The number of nitrogens with zero attached hydrogens (tertiary/aromatic N) is 2. The van der Waals surface area contributed by atoms with Crippen molar-refractivity contribution in [3.05, 3.63) is 128 Å². The largest absolute Gasteiger partial charge is 0.439 e. The molecular formula is C31H22N2OSi. The summed E-state index contributed by atoms with van der Waals surface area (Å²) >= 11 is 0. The van der Waals surface area contributed by atoms with E-state index in [2.05, 4.69) is 113 Å². The molecule has 0 spiro atoms. The number of hydrogen-bond acceptors (Lipinski definition) is 2. The normalized spacial score (nSPS) is 11.7. The van der Waals surface area contributed by atoms with E-state index in [1.54, 1.807) is 0 Å². The van der Waals surface area contributed by atoms with Crippen molar-refractivity contribution in [2.75, 3.05) is 0 Å². The summed E-state index contributed by atoms with van der Waals surface area (Å²) in [5.41, 5.74) is 3.90. The first-order valence-corrected chi connectivity index (χ1v) is 13.6. The Labute approximate surface area is 204 Å². The van der Waals surface area contributed by atoms with Gasteiger partial charge in [0, 0.05) is 22.7 Å². The third kappa shape index (κ3) is 3.22. The number of furan rings is 1. The second kappa shape index (κ2) is 8.11. The Hall–Kier alpha value is -4.41. The average molecular weight is 467 g/mol. The maximum Gasteiger partial charge on any atom is 0.213 e. The van der Waals surface area contributed by atoms with Crippen molar-refractivity contribution in [2.45, 2.75) is 0 Å². The molecule has 0 bridgehead atoms. The molecule has 3 heterocycles. The van der Waals surface area contributed by atoms with Crippen LogP contribution in [0.2, 0.25) is 0 Å². The van der Waals surface area contributed by atoms with Gasteiger partial charge in [0.15, 0.2) is 0 Å². The molecule has 166 valence electrons. The number of para-hydroxylation sites is 1. The van der Waals surface area contributed by atoms with Crippen LogP contribution in [-0.4, -0.2) is 18.3 Å². The fourth-order valence-corrected chi connectivity index (χ4v) is 8.22. The highest BCUT2D eigenvalue weighted by molar-refractivity contribution is 6.95. The van der Waals surface area contributed by atoms with Crippen LogP contribution in [0.3, 0.4) is 0 Å². The lowest BCUT2D eigenvalue weighted by molar-refractivity contribution is 0.645. The molecule has 0 aliphatic heterocycles. The summed E-state index contributed by atoms with van der Waals surface area (Å²) in [5.74, 6) is 0. The lowest BCUT2D eigenvalue weighted by atomic mass is 10.1. The number of benzene rings is 4. The molecule has 0 saturated heterocycles. The summed E-state index contributed by atoms with van der Waals surface area (Å²) in [5, 5.41) is 7.66. The molecule has 4 heteroatoms. The summed E-state index contributed by atoms with van der Waals surface area (Å²) in [6.45, 7) is 0. The topological polar surface area (TPSA) is 31.0 Å². The Bertz CT molecular complexity index is 1750. The predicted molar refractivity (Wildman–Crippen MR) is 147 cm³/mol. The molecule has 0 amide bonds. The van der Waals surface area contributed by atoms with Crippen LogP contribution in [0.25, 0.3) is 38.7 Å². The van der Waals surface area contributed by atoms with Gasteiger partial charge in [-0.3, -0.25) is 9.55 Å². The highest BCUT2D eigenvalue weighted by Crippen LogP contribution is 2.38. The van der Waals surface area contributed by atoms with Gasteiger partial charge in [-0.25, -0.2) is 0 Å². The third-order valence-electron chi connectivity index (χ3n) is 6.84. The van der Waals surface area contributed by atoms with Crippen molar-refractivity contribution >= 4 is 57.3 Å². The lowest BCUT2D eigenvalue weighted by Gasteiger charge is -2.18. The lowest BCUT2D eigenvalue weighted by Crippen LogP contribution is -2.51. The number of hydrogen-bond donors (Lipinski definition) is 0. The van der Waals surface area contributed by atoms with Crippen molar-refractivity contribution in [2.24, 2.45) is 0 Å². The van der Waals surface area contributed by atoms with Gasteiger partial charge in [0.25, 0.3) is 0 Å². The smallest absolute Gasteiger partial charge is 0.213 e. The van der Waals surface area contributed by atoms with Gasteiger partial charge in [-0.05, 0) is 24.3 Å². The quantitative estimate of drug-likeness (QED) is 0.265. The monoisotopic (exact) mass is 466 g/mol. The van der Waals surface area contributed by atoms with E-state index in [4.69, 9.17) is 4.42 Å². The van der Waals surface area contributed by atoms with Gasteiger partial charge in [0.2, 0.25) is 5.71 Å². The van der Waals surface area contributed by atoms with Crippen molar-refractivity contribution in [1.29, 1.82) is 0 Å². The number of aromatic nitrogens is 2. The molecular weight excluding hydrogens is 444 g/mol. The van der Waals surface area contributed by atoms with Gasteiger partial charge in [-0.2, -0.15) is 0 Å². The van der Waals surface area contributed by atoms with Crippen LogP contribution in [-0.2, 0) is 0 Å². The number of pyridine rings is 1. The van der Waals surface area contributed by atoms with Gasteiger partial charge in [0.1, 0.15) is 14.4 Å². The van der Waals surface area contributed by atoms with Crippen molar-refractivity contribution < 1.29 is 4.42 Å². The highest BCUT2D eigenvalue weighted by Gasteiger charge is 2.21. The van der Waals surface area contributed by atoms with E-state index in [0.717, 1.165) is 38.7 Å². The average Bonchev–Trinajstić information content (AvgIpc) is 3.45. The molecule has 0 atom stereocenters. The zero-order valence-corrected chi connectivity index (χ0v) is 20.2. The van der Waals surface area contributed by atoms with E-state index in [-0.39, 0.29) is 0 Å². The summed E-state index contributed by atoms with van der Waals surface area (Å²) in [4.78, 5) is 4.42. The van der Waals surface area contributed by atoms with E-state index >= 15 is 0 Å². The molecule has 0 aliphatic rings. The number of fused-ring (bicyclic) bond motifs is 5. The van der Waals surface area contributed by atoms with Gasteiger partial charge < -0.3 is 4.42 Å². The third-order valence-corrected chi connectivity index (χ3v) is 10.00. The Balaban J connectivity index is 1.41. The van der Waals surface area contributed by atoms with Gasteiger partial charge in [0.05, 0.1) is 17.1 Å². The molecule has 35 heavy (non-hydrogen) atoms. The Morgan fingerprint density at radius 1 is 0.600 bits per heavy atom. The van der Waals surface area contributed by atoms with Crippen LogP contribution in [0.4, 0.5) is 0 Å². The zero-order valence-electron chi connectivity index (χ0n) is 19.0. The Kier molecular flexibility index (Phi) is 4.64. The van der Waals surface area contributed by atoms with E-state index in [0.29, 0.717) is 0 Å².